The van der Waals surface area contributed by atoms with Gasteiger partial charge >= 0.3 is 0 Å². The minimum atomic E-state index is -0.0505. The molecule has 0 bridgehead atoms. The van der Waals surface area contributed by atoms with E-state index in [1.54, 1.807) is 17.5 Å². The van der Waals surface area contributed by atoms with Crippen LogP contribution in [0, 0.1) is 12.3 Å². The molecule has 178 valence electrons. The van der Waals surface area contributed by atoms with E-state index in [0.717, 1.165) is 51.3 Å². The molecule has 0 radical (unpaired) electrons. The summed E-state index contributed by atoms with van der Waals surface area (Å²) in [6.07, 6.45) is 4.93. The van der Waals surface area contributed by atoms with Crippen molar-refractivity contribution in [3.63, 3.8) is 0 Å². The molecule has 5 rings (SSSR count). The number of piperidine rings is 1. The third-order valence-corrected chi connectivity index (χ3v) is 8.84. The van der Waals surface area contributed by atoms with Crippen LogP contribution in [0.4, 0.5) is 5.82 Å². The van der Waals surface area contributed by atoms with Gasteiger partial charge in [-0.05, 0) is 60.7 Å². The van der Waals surface area contributed by atoms with Gasteiger partial charge < -0.3 is 10.2 Å². The normalized spacial score (nSPS) is 17.8. The minimum Gasteiger partial charge on any atom is -0.373 e. The highest BCUT2D eigenvalue weighted by Gasteiger charge is 2.44. The Labute approximate surface area is 204 Å². The fourth-order valence-electron chi connectivity index (χ4n) is 5.35. The molecule has 1 amide bonds. The van der Waals surface area contributed by atoms with Gasteiger partial charge in [0.25, 0.3) is 5.91 Å². The molecule has 34 heavy (non-hydrogen) atoms. The van der Waals surface area contributed by atoms with Gasteiger partial charge in [-0.15, -0.1) is 11.3 Å². The Bertz CT molecular complexity index is 1300. The Kier molecular flexibility index (Phi) is 5.51. The molecule has 0 saturated carbocycles. The molecule has 3 heterocycles. The summed E-state index contributed by atoms with van der Waals surface area (Å²) in [6, 6.07) is 5.93. The van der Waals surface area contributed by atoms with Crippen LogP contribution in [0.2, 0.25) is 0 Å². The Morgan fingerprint density at radius 1 is 1.15 bits per heavy atom. The summed E-state index contributed by atoms with van der Waals surface area (Å²) in [4.78, 5) is 38.7. The third-order valence-electron chi connectivity index (χ3n) is 7.36. The van der Waals surface area contributed by atoms with Crippen molar-refractivity contribution < 1.29 is 9.59 Å². The molecule has 3 aromatic rings. The SMILES string of the molecule is CNc1nccc2c(C)cc(C(=O)N3CCC4(CC3)CC(=O)c3nc(C(C)(C)C)sc3C4)cc12. The quantitative estimate of drug-likeness (QED) is 0.537. The molecular formula is C27H32N4O2S. The molecule has 2 aromatic heterocycles. The number of ketones is 1. The Morgan fingerprint density at radius 2 is 1.88 bits per heavy atom. The van der Waals surface area contributed by atoms with Gasteiger partial charge in [0.2, 0.25) is 0 Å². The first-order valence-electron chi connectivity index (χ1n) is 12.0. The summed E-state index contributed by atoms with van der Waals surface area (Å²) in [5.41, 5.74) is 2.36. The maximum Gasteiger partial charge on any atom is 0.253 e. The minimum absolute atomic E-state index is 0.0497. The van der Waals surface area contributed by atoms with E-state index < -0.39 is 0 Å². The number of carbonyl (C=O) groups excluding carboxylic acids is 2. The van der Waals surface area contributed by atoms with E-state index in [0.29, 0.717) is 30.8 Å². The predicted octanol–water partition coefficient (Wildman–Crippen LogP) is 5.39. The number of amides is 1. The summed E-state index contributed by atoms with van der Waals surface area (Å²) in [5, 5.41) is 6.24. The number of likely N-dealkylation sites (tertiary alicyclic amines) is 1. The van der Waals surface area contributed by atoms with Crippen molar-refractivity contribution in [3.8, 4) is 0 Å². The second kappa shape index (κ2) is 8.15. The number of hydrogen-bond acceptors (Lipinski definition) is 6. The van der Waals surface area contributed by atoms with Crippen LogP contribution in [0.1, 0.15) is 76.3 Å². The second-order valence-corrected chi connectivity index (χ2v) is 12.0. The Balaban J connectivity index is 1.35. The topological polar surface area (TPSA) is 75.2 Å². The molecule has 1 aliphatic carbocycles. The van der Waals surface area contributed by atoms with Crippen LogP contribution in [0.25, 0.3) is 10.8 Å². The molecule has 1 aromatic carbocycles. The number of hydrogen-bond donors (Lipinski definition) is 1. The number of fused-ring (bicyclic) bond motifs is 2. The van der Waals surface area contributed by atoms with Crippen molar-refractivity contribution in [1.29, 1.82) is 0 Å². The molecular weight excluding hydrogens is 444 g/mol. The molecule has 1 aliphatic heterocycles. The molecule has 0 unspecified atom stereocenters. The zero-order chi connectivity index (χ0) is 24.3. The third kappa shape index (κ3) is 3.90. The lowest BCUT2D eigenvalue weighted by atomic mass is 9.68. The van der Waals surface area contributed by atoms with Crippen molar-refractivity contribution in [1.82, 2.24) is 14.9 Å². The highest BCUT2D eigenvalue weighted by Crippen LogP contribution is 2.46. The molecule has 1 saturated heterocycles. The number of carbonyl (C=O) groups is 2. The lowest BCUT2D eigenvalue weighted by Crippen LogP contribution is -2.46. The van der Waals surface area contributed by atoms with E-state index in [1.807, 2.05) is 37.1 Å². The lowest BCUT2D eigenvalue weighted by Gasteiger charge is -2.43. The van der Waals surface area contributed by atoms with Crippen LogP contribution >= 0.6 is 11.3 Å². The number of aromatic nitrogens is 2. The summed E-state index contributed by atoms with van der Waals surface area (Å²) < 4.78 is 0. The van der Waals surface area contributed by atoms with E-state index in [2.05, 4.69) is 31.1 Å². The largest absolute Gasteiger partial charge is 0.373 e. The van der Waals surface area contributed by atoms with Gasteiger partial charge in [-0.25, -0.2) is 9.97 Å². The highest BCUT2D eigenvalue weighted by atomic mass is 32.1. The molecule has 0 atom stereocenters. The number of pyridine rings is 1. The standard InChI is InChI=1S/C27H32N4O2S/c1-16-12-17(13-19-18(16)6-9-29-23(19)28-5)24(33)31-10-7-27(8-11-31)14-20(32)22-21(15-27)34-25(30-22)26(2,3)4/h6,9,12-13H,7-8,10-11,14-15H2,1-5H3,(H,28,29). The molecule has 1 N–H and O–H groups in total. The van der Waals surface area contributed by atoms with E-state index >= 15 is 0 Å². The van der Waals surface area contributed by atoms with Crippen LogP contribution in [0.3, 0.4) is 0 Å². The van der Waals surface area contributed by atoms with Gasteiger partial charge in [0.1, 0.15) is 11.5 Å². The second-order valence-electron chi connectivity index (χ2n) is 10.9. The monoisotopic (exact) mass is 476 g/mol. The summed E-state index contributed by atoms with van der Waals surface area (Å²) in [6.45, 7) is 9.82. The summed E-state index contributed by atoms with van der Waals surface area (Å²) >= 11 is 1.70. The molecule has 2 aliphatic rings. The predicted molar refractivity (Wildman–Crippen MR) is 137 cm³/mol. The van der Waals surface area contributed by atoms with Crippen LogP contribution in [0.5, 0.6) is 0 Å². The smallest absolute Gasteiger partial charge is 0.253 e. The van der Waals surface area contributed by atoms with E-state index in [9.17, 15) is 9.59 Å². The van der Waals surface area contributed by atoms with Gasteiger partial charge in [-0.1, -0.05) is 20.8 Å². The van der Waals surface area contributed by atoms with Crippen LogP contribution in [-0.4, -0.2) is 46.7 Å². The fourth-order valence-corrected chi connectivity index (χ4v) is 6.66. The van der Waals surface area contributed by atoms with Crippen molar-refractivity contribution in [2.45, 2.75) is 58.8 Å². The van der Waals surface area contributed by atoms with Crippen molar-refractivity contribution in [2.24, 2.45) is 5.41 Å². The number of rotatable bonds is 2. The van der Waals surface area contributed by atoms with E-state index in [-0.39, 0.29) is 22.5 Å². The Morgan fingerprint density at radius 3 is 2.56 bits per heavy atom. The average Bonchev–Trinajstić information content (AvgIpc) is 3.24. The number of benzene rings is 1. The van der Waals surface area contributed by atoms with Gasteiger partial charge in [-0.3, -0.25) is 9.59 Å². The zero-order valence-electron chi connectivity index (χ0n) is 20.6. The Hall–Kier alpha value is -2.80. The van der Waals surface area contributed by atoms with Crippen molar-refractivity contribution >= 4 is 39.6 Å². The fraction of sp³-hybridized carbons (Fsp3) is 0.481. The first-order chi connectivity index (χ1) is 16.1. The molecule has 6 nitrogen and oxygen atoms in total. The number of aryl methyl sites for hydroxylation is 1. The van der Waals surface area contributed by atoms with Crippen LogP contribution in [-0.2, 0) is 11.8 Å². The highest BCUT2D eigenvalue weighted by molar-refractivity contribution is 7.12. The van der Waals surface area contributed by atoms with Gasteiger partial charge in [-0.2, -0.15) is 0 Å². The number of anilines is 1. The molecule has 1 spiro atoms. The summed E-state index contributed by atoms with van der Waals surface area (Å²) in [7, 11) is 1.85. The molecule has 7 heteroatoms. The van der Waals surface area contributed by atoms with Crippen LogP contribution in [0.15, 0.2) is 24.4 Å². The number of nitrogens with zero attached hydrogens (tertiary/aromatic N) is 3. The van der Waals surface area contributed by atoms with Gasteiger partial charge in [0, 0.05) is 54.0 Å². The number of thiazole rings is 1. The zero-order valence-corrected chi connectivity index (χ0v) is 21.4. The van der Waals surface area contributed by atoms with Crippen molar-refractivity contribution in [3.05, 3.63) is 51.1 Å². The lowest BCUT2D eigenvalue weighted by molar-refractivity contribution is 0.0522. The average molecular weight is 477 g/mol. The first kappa shape index (κ1) is 23.0. The van der Waals surface area contributed by atoms with Crippen LogP contribution < -0.4 is 5.32 Å². The van der Waals surface area contributed by atoms with E-state index in [4.69, 9.17) is 4.98 Å². The first-order valence-corrected chi connectivity index (χ1v) is 12.8. The molecule has 1 fully saturated rings. The maximum absolute atomic E-state index is 13.5. The maximum atomic E-state index is 13.5. The van der Waals surface area contributed by atoms with E-state index in [1.165, 1.54) is 0 Å². The van der Waals surface area contributed by atoms with Gasteiger partial charge in [0.15, 0.2) is 5.78 Å². The summed E-state index contributed by atoms with van der Waals surface area (Å²) in [5.74, 6) is 1.01. The van der Waals surface area contributed by atoms with Gasteiger partial charge in [0.05, 0.1) is 5.01 Å². The number of Topliss-reactive ketones (excluding diaryl/α,β-unsaturated/α-hetero) is 1. The number of nitrogens with one attached hydrogen (secondary N) is 1. The van der Waals surface area contributed by atoms with Crippen molar-refractivity contribution in [2.75, 3.05) is 25.5 Å².